The van der Waals surface area contributed by atoms with E-state index in [1.165, 1.54) is 0 Å². The van der Waals surface area contributed by atoms with E-state index in [1.807, 2.05) is 35.6 Å². The molecule has 7 heteroatoms. The lowest BCUT2D eigenvalue weighted by Gasteiger charge is -2.11. The third-order valence-electron chi connectivity index (χ3n) is 2.86. The van der Waals surface area contributed by atoms with E-state index in [2.05, 4.69) is 5.32 Å². The predicted molar refractivity (Wildman–Crippen MR) is 83.3 cm³/mol. The van der Waals surface area contributed by atoms with E-state index in [4.69, 9.17) is 0 Å². The van der Waals surface area contributed by atoms with Crippen molar-refractivity contribution in [2.75, 3.05) is 5.32 Å². The second-order valence-electron chi connectivity index (χ2n) is 4.66. The molecule has 2 rings (SSSR count). The average Bonchev–Trinajstić information content (AvgIpc) is 2.40. The molecule has 0 unspecified atom stereocenters. The Morgan fingerprint density at radius 3 is 2.41 bits per heavy atom. The van der Waals surface area contributed by atoms with Crippen LogP contribution < -0.4 is 5.32 Å². The minimum Gasteiger partial charge on any atom is -0.321 e. The van der Waals surface area contributed by atoms with Crippen molar-refractivity contribution in [3.05, 3.63) is 62.5 Å². The fraction of sp³-hybridized carbons (Fsp3) is 0.133. The van der Waals surface area contributed by atoms with Gasteiger partial charge in [-0.2, -0.15) is 13.2 Å². The Labute approximate surface area is 137 Å². The average molecular weight is 423 g/mol. The van der Waals surface area contributed by atoms with Crippen LogP contribution in [-0.4, -0.2) is 5.91 Å². The van der Waals surface area contributed by atoms with Crippen LogP contribution in [-0.2, 0) is 6.18 Å². The molecular formula is C15H10F4INO. The molecule has 1 amide bonds. The maximum absolute atomic E-state index is 13.3. The van der Waals surface area contributed by atoms with Crippen LogP contribution in [0.1, 0.15) is 21.5 Å². The molecule has 2 nitrogen and oxygen atoms in total. The van der Waals surface area contributed by atoms with Crippen molar-refractivity contribution in [1.29, 1.82) is 0 Å². The van der Waals surface area contributed by atoms with Crippen LogP contribution in [0.25, 0.3) is 0 Å². The van der Waals surface area contributed by atoms with Crippen LogP contribution in [0.2, 0.25) is 0 Å². The normalized spacial score (nSPS) is 11.4. The van der Waals surface area contributed by atoms with Crippen molar-refractivity contribution >= 4 is 34.2 Å². The van der Waals surface area contributed by atoms with Crippen LogP contribution in [0.4, 0.5) is 23.2 Å². The Kier molecular flexibility index (Phi) is 4.74. The highest BCUT2D eigenvalue weighted by atomic mass is 127. The van der Waals surface area contributed by atoms with Crippen LogP contribution in [0.15, 0.2) is 36.4 Å². The molecule has 0 saturated carbocycles. The van der Waals surface area contributed by atoms with Crippen molar-refractivity contribution in [2.24, 2.45) is 0 Å². The molecule has 0 aliphatic rings. The number of hydrogen-bond acceptors (Lipinski definition) is 1. The van der Waals surface area contributed by atoms with E-state index in [9.17, 15) is 22.4 Å². The van der Waals surface area contributed by atoms with Crippen molar-refractivity contribution in [1.82, 2.24) is 0 Å². The van der Waals surface area contributed by atoms with Crippen LogP contribution >= 0.6 is 22.6 Å². The number of nitrogens with one attached hydrogen (secondary N) is 1. The summed E-state index contributed by atoms with van der Waals surface area (Å²) in [5, 5.41) is 2.48. The summed E-state index contributed by atoms with van der Waals surface area (Å²) in [5.74, 6) is -1.91. The Morgan fingerprint density at radius 2 is 1.82 bits per heavy atom. The van der Waals surface area contributed by atoms with Gasteiger partial charge in [0.1, 0.15) is 5.82 Å². The number of carbonyl (C=O) groups is 1. The number of amides is 1. The number of halogens is 5. The molecule has 0 aromatic heterocycles. The van der Waals surface area contributed by atoms with Gasteiger partial charge in [0.05, 0.1) is 11.3 Å². The number of benzene rings is 2. The van der Waals surface area contributed by atoms with Gasteiger partial charge in [0.2, 0.25) is 0 Å². The second-order valence-corrected chi connectivity index (χ2v) is 5.83. The zero-order chi connectivity index (χ0) is 16.5. The summed E-state index contributed by atoms with van der Waals surface area (Å²) < 4.78 is 52.0. The van der Waals surface area contributed by atoms with E-state index in [0.717, 1.165) is 15.2 Å². The van der Waals surface area contributed by atoms with E-state index < -0.39 is 23.5 Å². The Bertz CT molecular complexity index is 728. The highest BCUT2D eigenvalue weighted by molar-refractivity contribution is 14.1. The first-order valence-electron chi connectivity index (χ1n) is 6.12. The molecule has 0 heterocycles. The maximum Gasteiger partial charge on any atom is 0.416 e. The first kappa shape index (κ1) is 16.7. The molecule has 0 radical (unpaired) electrons. The smallest absolute Gasteiger partial charge is 0.321 e. The number of alkyl halides is 3. The van der Waals surface area contributed by atoms with Gasteiger partial charge in [0, 0.05) is 9.13 Å². The number of anilines is 1. The minimum atomic E-state index is -4.71. The predicted octanol–water partition coefficient (Wildman–Crippen LogP) is 5.01. The third-order valence-corrected chi connectivity index (χ3v) is 3.75. The first-order chi connectivity index (χ1) is 10.2. The Balaban J connectivity index is 2.32. The van der Waals surface area contributed by atoms with Gasteiger partial charge in [-0.15, -0.1) is 0 Å². The van der Waals surface area contributed by atoms with Gasteiger partial charge in [-0.05, 0) is 65.4 Å². The summed E-state index contributed by atoms with van der Waals surface area (Å²) in [5.41, 5.74) is -0.151. The van der Waals surface area contributed by atoms with Gasteiger partial charge in [-0.1, -0.05) is 6.07 Å². The highest BCUT2D eigenvalue weighted by Crippen LogP contribution is 2.30. The quantitative estimate of drug-likeness (QED) is 0.534. The highest BCUT2D eigenvalue weighted by Gasteiger charge is 2.32. The van der Waals surface area contributed by atoms with E-state index in [1.54, 1.807) is 12.1 Å². The molecule has 0 atom stereocenters. The largest absolute Gasteiger partial charge is 0.416 e. The molecule has 1 N–H and O–H groups in total. The number of hydrogen-bond donors (Lipinski definition) is 1. The summed E-state index contributed by atoms with van der Waals surface area (Å²) in [6.07, 6.45) is -4.71. The van der Waals surface area contributed by atoms with Crippen LogP contribution in [0, 0.1) is 16.3 Å². The van der Waals surface area contributed by atoms with Crippen molar-refractivity contribution in [2.45, 2.75) is 13.1 Å². The van der Waals surface area contributed by atoms with Crippen molar-refractivity contribution < 1.29 is 22.4 Å². The summed E-state index contributed by atoms with van der Waals surface area (Å²) >= 11 is 2.00. The Morgan fingerprint density at radius 1 is 1.14 bits per heavy atom. The van der Waals surface area contributed by atoms with Crippen molar-refractivity contribution in [3.8, 4) is 0 Å². The summed E-state index contributed by atoms with van der Waals surface area (Å²) in [6.45, 7) is 1.87. The molecule has 0 saturated heterocycles. The summed E-state index contributed by atoms with van der Waals surface area (Å²) in [7, 11) is 0. The third kappa shape index (κ3) is 3.96. The topological polar surface area (TPSA) is 29.1 Å². The zero-order valence-electron chi connectivity index (χ0n) is 11.3. The summed E-state index contributed by atoms with van der Waals surface area (Å²) in [6, 6.07) is 6.95. The molecule has 0 aliphatic heterocycles. The van der Waals surface area contributed by atoms with Gasteiger partial charge in [-0.25, -0.2) is 4.39 Å². The van der Waals surface area contributed by atoms with Gasteiger partial charge >= 0.3 is 6.18 Å². The molecule has 2 aromatic carbocycles. The fourth-order valence-corrected chi connectivity index (χ4v) is 2.61. The lowest BCUT2D eigenvalue weighted by molar-refractivity contribution is -0.137. The van der Waals surface area contributed by atoms with Gasteiger partial charge in [-0.3, -0.25) is 4.79 Å². The zero-order valence-corrected chi connectivity index (χ0v) is 13.4. The molecular weight excluding hydrogens is 413 g/mol. The lowest BCUT2D eigenvalue weighted by Crippen LogP contribution is -2.15. The monoisotopic (exact) mass is 423 g/mol. The lowest BCUT2D eigenvalue weighted by atomic mass is 10.1. The van der Waals surface area contributed by atoms with E-state index in [0.29, 0.717) is 17.8 Å². The van der Waals surface area contributed by atoms with Crippen LogP contribution in [0.5, 0.6) is 0 Å². The molecule has 0 aliphatic carbocycles. The first-order valence-corrected chi connectivity index (χ1v) is 7.20. The maximum atomic E-state index is 13.3. The summed E-state index contributed by atoms with van der Waals surface area (Å²) in [4.78, 5) is 12.0. The second kappa shape index (κ2) is 6.23. The molecule has 2 aromatic rings. The minimum absolute atomic E-state index is 0.354. The number of aryl methyl sites for hydroxylation is 1. The van der Waals surface area contributed by atoms with Crippen molar-refractivity contribution in [3.63, 3.8) is 0 Å². The number of carbonyl (C=O) groups excluding carboxylic acids is 1. The molecule has 0 bridgehead atoms. The SMILES string of the molecule is Cc1ccc(NC(=O)c2cc(F)cc(C(F)(F)F)c2)c(I)c1. The standard InChI is InChI=1S/C15H10F4INO/c1-8-2-3-13(12(20)4-8)21-14(22)9-5-10(15(17,18)19)7-11(16)6-9/h2-7H,1H3,(H,21,22). The van der Waals surface area contributed by atoms with E-state index >= 15 is 0 Å². The fourth-order valence-electron chi connectivity index (χ4n) is 1.80. The molecule has 22 heavy (non-hydrogen) atoms. The Hall–Kier alpha value is -1.64. The molecule has 116 valence electrons. The van der Waals surface area contributed by atoms with Crippen LogP contribution in [0.3, 0.4) is 0 Å². The van der Waals surface area contributed by atoms with Gasteiger partial charge in [0.25, 0.3) is 5.91 Å². The molecule has 0 fully saturated rings. The van der Waals surface area contributed by atoms with Gasteiger partial charge < -0.3 is 5.32 Å². The molecule has 0 spiro atoms. The number of rotatable bonds is 2. The van der Waals surface area contributed by atoms with Gasteiger partial charge in [0.15, 0.2) is 0 Å². The van der Waals surface area contributed by atoms with E-state index in [-0.39, 0.29) is 5.56 Å².